The fraction of sp³-hybridized carbons (Fsp3) is 0.412. The normalized spacial score (nSPS) is 14.4. The number of likely N-dealkylation sites (tertiary alicyclic amines) is 1. The summed E-state index contributed by atoms with van der Waals surface area (Å²) < 4.78 is 13.0. The first-order valence-corrected chi connectivity index (χ1v) is 14.5. The lowest BCUT2D eigenvalue weighted by Crippen LogP contribution is -2.41. The number of benzene rings is 3. The highest BCUT2D eigenvalue weighted by atomic mass is 16.6. The van der Waals surface area contributed by atoms with E-state index in [9.17, 15) is 14.9 Å². The molecule has 0 bridgehead atoms. The van der Waals surface area contributed by atoms with Gasteiger partial charge in [-0.1, -0.05) is 38.1 Å². The molecule has 8 heteroatoms. The first-order valence-electron chi connectivity index (χ1n) is 14.5. The van der Waals surface area contributed by atoms with Gasteiger partial charge < -0.3 is 14.4 Å². The van der Waals surface area contributed by atoms with Gasteiger partial charge in [-0.05, 0) is 75.8 Å². The number of aromatic nitrogens is 2. The zero-order chi connectivity index (χ0) is 30.3. The first-order chi connectivity index (χ1) is 19.9. The molecule has 2 heterocycles. The number of hydrogen-bond acceptors (Lipinski definition) is 6. The molecule has 0 aliphatic carbocycles. The van der Waals surface area contributed by atoms with Crippen LogP contribution in [0.5, 0.6) is 0 Å². The maximum atomic E-state index is 13.3. The summed E-state index contributed by atoms with van der Waals surface area (Å²) in [5.41, 5.74) is 4.77. The van der Waals surface area contributed by atoms with E-state index in [1.54, 1.807) is 4.90 Å². The van der Waals surface area contributed by atoms with Gasteiger partial charge in [0.2, 0.25) is 0 Å². The highest BCUT2D eigenvalue weighted by Crippen LogP contribution is 2.39. The van der Waals surface area contributed by atoms with E-state index in [4.69, 9.17) is 14.5 Å². The molecule has 0 unspecified atom stereocenters. The number of methoxy groups -OCH3 is 1. The number of carbonyl (C=O) groups is 2. The summed E-state index contributed by atoms with van der Waals surface area (Å²) in [6.45, 7) is 12.9. The second-order valence-corrected chi connectivity index (χ2v) is 12.3. The van der Waals surface area contributed by atoms with Crippen LogP contribution in [0.4, 0.5) is 4.79 Å². The SMILES string of the molecule is COC(=O)c1c(C)c(C2CCN(C(=O)OC(C)(C)C)CC2)cc2c1nc(C(C)C)n2-c1ccc(C#N)c2ccccc12. The molecule has 1 fully saturated rings. The van der Waals surface area contributed by atoms with Crippen LogP contribution < -0.4 is 0 Å². The van der Waals surface area contributed by atoms with Crippen molar-refractivity contribution in [3.63, 3.8) is 0 Å². The van der Waals surface area contributed by atoms with Crippen molar-refractivity contribution < 1.29 is 19.1 Å². The van der Waals surface area contributed by atoms with E-state index in [0.717, 1.165) is 51.8 Å². The Morgan fingerprint density at radius 1 is 1.07 bits per heavy atom. The molecule has 218 valence electrons. The highest BCUT2D eigenvalue weighted by Gasteiger charge is 2.31. The van der Waals surface area contributed by atoms with Crippen LogP contribution in [0.25, 0.3) is 27.5 Å². The number of rotatable bonds is 4. The van der Waals surface area contributed by atoms with E-state index < -0.39 is 11.6 Å². The number of fused-ring (bicyclic) bond motifs is 2. The molecule has 0 saturated carbocycles. The second kappa shape index (κ2) is 11.1. The molecule has 42 heavy (non-hydrogen) atoms. The summed E-state index contributed by atoms with van der Waals surface area (Å²) in [6.07, 6.45) is 1.20. The molecule has 8 nitrogen and oxygen atoms in total. The summed E-state index contributed by atoms with van der Waals surface area (Å²) in [7, 11) is 1.40. The van der Waals surface area contributed by atoms with Gasteiger partial charge in [-0.2, -0.15) is 5.26 Å². The Labute approximate surface area is 246 Å². The lowest BCUT2D eigenvalue weighted by molar-refractivity contribution is 0.0204. The molecule has 5 rings (SSSR count). The van der Waals surface area contributed by atoms with Gasteiger partial charge in [-0.3, -0.25) is 4.57 Å². The first kappa shape index (κ1) is 29.1. The molecule has 1 saturated heterocycles. The van der Waals surface area contributed by atoms with E-state index in [-0.39, 0.29) is 17.9 Å². The van der Waals surface area contributed by atoms with Gasteiger partial charge in [0.25, 0.3) is 0 Å². The number of piperidine rings is 1. The molecule has 1 aromatic heterocycles. The Bertz CT molecular complexity index is 1730. The topological polar surface area (TPSA) is 97.4 Å². The third-order valence-electron chi connectivity index (χ3n) is 8.03. The van der Waals surface area contributed by atoms with Crippen molar-refractivity contribution in [3.05, 3.63) is 70.5 Å². The Morgan fingerprint density at radius 3 is 2.33 bits per heavy atom. The average molecular weight is 567 g/mol. The smallest absolute Gasteiger partial charge is 0.410 e. The van der Waals surface area contributed by atoms with Crippen LogP contribution in [-0.2, 0) is 9.47 Å². The van der Waals surface area contributed by atoms with Crippen LogP contribution in [0.1, 0.15) is 92.2 Å². The molecular formula is C34H38N4O4. The van der Waals surface area contributed by atoms with Crippen LogP contribution in [0.15, 0.2) is 42.5 Å². The van der Waals surface area contributed by atoms with Crippen LogP contribution in [0.2, 0.25) is 0 Å². The summed E-state index contributed by atoms with van der Waals surface area (Å²) in [6, 6.07) is 16.2. The minimum atomic E-state index is -0.548. The van der Waals surface area contributed by atoms with Gasteiger partial charge in [0.1, 0.15) is 16.9 Å². The number of nitriles is 1. The van der Waals surface area contributed by atoms with E-state index in [0.29, 0.717) is 29.7 Å². The molecular weight excluding hydrogens is 528 g/mol. The summed E-state index contributed by atoms with van der Waals surface area (Å²) in [4.78, 5) is 32.8. The van der Waals surface area contributed by atoms with Gasteiger partial charge in [0.15, 0.2) is 0 Å². The predicted molar refractivity (Wildman–Crippen MR) is 163 cm³/mol. The molecule has 1 aliphatic heterocycles. The largest absolute Gasteiger partial charge is 0.465 e. The van der Waals surface area contributed by atoms with E-state index in [1.807, 2.05) is 64.1 Å². The number of amides is 1. The van der Waals surface area contributed by atoms with Crippen LogP contribution in [0, 0.1) is 18.3 Å². The van der Waals surface area contributed by atoms with E-state index in [1.165, 1.54) is 7.11 Å². The second-order valence-electron chi connectivity index (χ2n) is 12.3. The van der Waals surface area contributed by atoms with Crippen molar-refractivity contribution in [2.45, 2.75) is 71.8 Å². The molecule has 0 N–H and O–H groups in total. The van der Waals surface area contributed by atoms with Crippen LogP contribution in [0.3, 0.4) is 0 Å². The molecule has 0 radical (unpaired) electrons. The van der Waals surface area contributed by atoms with Crippen molar-refractivity contribution in [2.75, 3.05) is 20.2 Å². The van der Waals surface area contributed by atoms with Gasteiger partial charge >= 0.3 is 12.1 Å². The molecule has 1 amide bonds. The molecule has 1 aliphatic rings. The van der Waals surface area contributed by atoms with Crippen molar-refractivity contribution in [1.29, 1.82) is 5.26 Å². The zero-order valence-corrected chi connectivity index (χ0v) is 25.4. The van der Waals surface area contributed by atoms with Crippen molar-refractivity contribution in [3.8, 4) is 11.8 Å². The van der Waals surface area contributed by atoms with Crippen molar-refractivity contribution >= 4 is 33.9 Å². The quantitative estimate of drug-likeness (QED) is 0.239. The van der Waals surface area contributed by atoms with Gasteiger partial charge in [-0.25, -0.2) is 14.6 Å². The van der Waals surface area contributed by atoms with Gasteiger partial charge in [-0.15, -0.1) is 0 Å². The standard InChI is InChI=1S/C34H38N4O4/c1-20(2)31-36-30-28(38(31)27-13-12-23(19-35)24-10-8-9-11-25(24)27)18-26(21(3)29(30)32(39)41-7)22-14-16-37(17-15-22)33(40)42-34(4,5)6/h8-13,18,20,22H,14-17H2,1-7H3. The van der Waals surface area contributed by atoms with Crippen molar-refractivity contribution in [2.24, 2.45) is 0 Å². The highest BCUT2D eigenvalue weighted by molar-refractivity contribution is 6.05. The Balaban J connectivity index is 1.69. The maximum Gasteiger partial charge on any atom is 0.410 e. The Hall–Kier alpha value is -4.38. The minimum absolute atomic E-state index is 0.0538. The minimum Gasteiger partial charge on any atom is -0.465 e. The average Bonchev–Trinajstić information content (AvgIpc) is 3.34. The fourth-order valence-corrected chi connectivity index (χ4v) is 6.04. The number of hydrogen-bond donors (Lipinski definition) is 0. The molecule has 0 atom stereocenters. The third-order valence-corrected chi connectivity index (χ3v) is 8.03. The Kier molecular flexibility index (Phi) is 7.72. The zero-order valence-electron chi connectivity index (χ0n) is 25.4. The number of imidazole rings is 1. The number of nitrogens with zero attached hydrogens (tertiary/aromatic N) is 4. The van der Waals surface area contributed by atoms with Crippen LogP contribution in [-0.4, -0.2) is 52.3 Å². The van der Waals surface area contributed by atoms with Gasteiger partial charge in [0.05, 0.1) is 35.5 Å². The Morgan fingerprint density at radius 2 is 1.74 bits per heavy atom. The fourth-order valence-electron chi connectivity index (χ4n) is 6.04. The molecule has 3 aromatic carbocycles. The van der Waals surface area contributed by atoms with Crippen molar-refractivity contribution in [1.82, 2.24) is 14.5 Å². The molecule has 4 aromatic rings. The summed E-state index contributed by atoms with van der Waals surface area (Å²) in [5, 5.41) is 11.6. The summed E-state index contributed by atoms with van der Waals surface area (Å²) in [5.74, 6) is 0.592. The summed E-state index contributed by atoms with van der Waals surface area (Å²) >= 11 is 0. The monoisotopic (exact) mass is 566 g/mol. The number of esters is 1. The number of ether oxygens (including phenoxy) is 2. The molecule has 0 spiro atoms. The number of carbonyl (C=O) groups excluding carboxylic acids is 2. The van der Waals surface area contributed by atoms with E-state index >= 15 is 0 Å². The van der Waals surface area contributed by atoms with Gasteiger partial charge in [0, 0.05) is 29.8 Å². The maximum absolute atomic E-state index is 13.3. The van der Waals surface area contributed by atoms with Crippen LogP contribution >= 0.6 is 0 Å². The van der Waals surface area contributed by atoms with E-state index in [2.05, 4.69) is 30.6 Å². The lowest BCUT2D eigenvalue weighted by atomic mass is 9.84. The lowest BCUT2D eigenvalue weighted by Gasteiger charge is -2.34. The third kappa shape index (κ3) is 5.20. The predicted octanol–water partition coefficient (Wildman–Crippen LogP) is 7.38.